The van der Waals surface area contributed by atoms with Gasteiger partial charge in [0.15, 0.2) is 0 Å². The van der Waals surface area contributed by atoms with Crippen molar-refractivity contribution >= 4 is 346 Å². The standard InChI is InChI=1S/C92H25Br2N5O2/c1-99(2)19-91-82-74-66-56-46-38-30-28-29-32-36-34(30)42-50-44(36)54-48-40(32)41-33(29)37-35-31(28)39(38)47-53-43(35)51-45(37)55-49(41)59-58(48)70-64(54)72-62(50)68(60(66)52(42)46)76(82)78(72)84-80(70)81-71(59)65(55)73-63(51)69-61(53)67(57(47)56)75(74)83(91)77(69)79(73)85(81)92(84,91)87(99)21-10-8-20(9-11-21)18-95-97-89(100)23-12-14-25(15-13-23)98-88(22-6-4-3-5-7-22)96-86-26(90(98)101)16-24(93)17-27(86)94/h3-18,87H,19H2,1-2H3/p+1/b95-18+. The Kier molecular flexibility index (Phi) is 5.09. The van der Waals surface area contributed by atoms with Gasteiger partial charge < -0.3 is 4.48 Å². The van der Waals surface area contributed by atoms with E-state index in [4.69, 9.17) is 4.98 Å². The van der Waals surface area contributed by atoms with E-state index in [1.54, 1.807) is 342 Å². The minimum Gasteiger partial charge on any atom is -0.320 e. The number of carbonyl (C=O) groups excluding carboxylic acids is 1. The quantitative estimate of drug-likeness (QED) is 0.0780. The number of likely N-dealkylation sites (tertiary alicyclic amines) is 1. The molecule has 1 saturated heterocycles. The van der Waals surface area contributed by atoms with Crippen molar-refractivity contribution in [1.29, 1.82) is 0 Å². The predicted octanol–water partition coefficient (Wildman–Crippen LogP) is 22.8. The molecule has 7 nitrogen and oxygen atoms in total. The van der Waals surface area contributed by atoms with Crippen LogP contribution in [0.15, 0.2) is 110 Å². The van der Waals surface area contributed by atoms with E-state index in [1.807, 2.05) is 48.5 Å². The largest absolute Gasteiger partial charge is 0.320 e. The number of hydrogen-bond acceptors (Lipinski definition) is 4. The highest BCUT2D eigenvalue weighted by atomic mass is 79.9. The number of rotatable bonds is 6. The number of halogens is 2. The second-order valence-corrected chi connectivity index (χ2v) is 35.7. The molecule has 33 aromatic rings. The molecule has 32 aromatic carbocycles. The second-order valence-electron chi connectivity index (χ2n) is 33.9. The fourth-order valence-corrected chi connectivity index (χ4v) is 31.4. The average molecular weight is 1390 g/mol. The number of quaternary nitrogens is 1. The van der Waals surface area contributed by atoms with E-state index in [0.29, 0.717) is 28.0 Å². The molecule has 0 saturated carbocycles. The summed E-state index contributed by atoms with van der Waals surface area (Å²) in [6.07, 6.45) is 1.81. The van der Waals surface area contributed by atoms with Crippen LogP contribution in [0.25, 0.3) is 319 Å². The molecule has 0 radical (unpaired) electrons. The Morgan fingerprint density at radius 1 is 0.455 bits per heavy atom. The molecular formula is C92H26Br2N5O2+. The number of fused-ring (bicyclic) bond motifs is 1. The van der Waals surface area contributed by atoms with Crippen molar-refractivity contribution in [2.24, 2.45) is 5.10 Å². The summed E-state index contributed by atoms with van der Waals surface area (Å²) in [5.74, 6) is 0.167. The Morgan fingerprint density at radius 2 is 0.802 bits per heavy atom. The molecule has 1 unspecified atom stereocenters. The van der Waals surface area contributed by atoms with Crippen LogP contribution in [0.4, 0.5) is 0 Å². The number of hydrogen-bond donors (Lipinski definition) is 1. The molecule has 444 valence electrons. The van der Waals surface area contributed by atoms with Gasteiger partial charge in [-0.25, -0.2) is 10.4 Å². The minimum atomic E-state index is -0.461. The van der Waals surface area contributed by atoms with Crippen LogP contribution in [0.5, 0.6) is 0 Å². The lowest BCUT2D eigenvalue weighted by Gasteiger charge is -2.49. The van der Waals surface area contributed by atoms with Crippen molar-refractivity contribution in [3.63, 3.8) is 0 Å². The molecule has 4 aliphatic carbocycles. The fourth-order valence-electron chi connectivity index (χ4n) is 30.1. The zero-order valence-electron chi connectivity index (χ0n) is 52.4. The maximum Gasteiger partial charge on any atom is 0.271 e. The summed E-state index contributed by atoms with van der Waals surface area (Å²) in [7, 11) is 5.29. The van der Waals surface area contributed by atoms with Gasteiger partial charge >= 0.3 is 0 Å². The number of amides is 1. The zero-order valence-corrected chi connectivity index (χ0v) is 55.6. The molecular weight excluding hydrogens is 1370 g/mol. The third-order valence-corrected chi connectivity index (χ3v) is 32.3. The molecule has 2 spiro atoms. The molecule has 1 amide bonds. The van der Waals surface area contributed by atoms with Gasteiger partial charge in [0, 0.05) is 25.6 Å². The third kappa shape index (κ3) is 3.11. The van der Waals surface area contributed by atoms with Gasteiger partial charge in [0.05, 0.1) is 54.3 Å². The van der Waals surface area contributed by atoms with E-state index in [-0.39, 0.29) is 22.9 Å². The number of likely N-dealkylation sites (N-methyl/N-ethyl adjacent to an activating group) is 1. The van der Waals surface area contributed by atoms with Gasteiger partial charge in [0.2, 0.25) is 0 Å². The first-order valence-electron chi connectivity index (χ1n) is 35.8. The summed E-state index contributed by atoms with van der Waals surface area (Å²) >= 11 is 7.25. The highest BCUT2D eigenvalue weighted by Gasteiger charge is 2.80. The van der Waals surface area contributed by atoms with Crippen LogP contribution >= 0.6 is 31.9 Å². The number of carbonyl (C=O) groups is 1. The van der Waals surface area contributed by atoms with Crippen molar-refractivity contribution in [3.05, 3.63) is 149 Å². The molecule has 9 heteroatoms. The van der Waals surface area contributed by atoms with Crippen LogP contribution in [0, 0.1) is 0 Å². The van der Waals surface area contributed by atoms with Crippen molar-refractivity contribution in [1.82, 2.24) is 15.0 Å². The van der Waals surface area contributed by atoms with Gasteiger partial charge in [-0.15, -0.1) is 0 Å². The summed E-state index contributed by atoms with van der Waals surface area (Å²) in [5, 5.41) is 92.8. The first-order valence-corrected chi connectivity index (χ1v) is 37.4. The summed E-state index contributed by atoms with van der Waals surface area (Å²) in [6, 6.07) is 30.1. The smallest absolute Gasteiger partial charge is 0.271 e. The van der Waals surface area contributed by atoms with E-state index in [0.717, 1.165) is 31.1 Å². The molecule has 1 fully saturated rings. The summed E-state index contributed by atoms with van der Waals surface area (Å²) in [6.45, 7) is 1.00. The molecule has 0 bridgehead atoms. The van der Waals surface area contributed by atoms with Gasteiger partial charge in [-0.1, -0.05) is 70.5 Å². The van der Waals surface area contributed by atoms with Crippen LogP contribution in [-0.4, -0.2) is 46.8 Å². The first-order chi connectivity index (χ1) is 49.7. The van der Waals surface area contributed by atoms with Crippen molar-refractivity contribution < 1.29 is 9.28 Å². The lowest BCUT2D eigenvalue weighted by molar-refractivity contribution is -0.911. The number of benzene rings is 22. The Balaban J connectivity index is 0.644. The number of aromatic nitrogens is 2. The van der Waals surface area contributed by atoms with E-state index in [1.165, 1.54) is 5.56 Å². The normalized spacial score (nSPS) is 20.5. The minimum absolute atomic E-state index is 0.0423. The van der Waals surface area contributed by atoms with E-state index in [9.17, 15) is 9.59 Å². The summed E-state index contributed by atoms with van der Waals surface area (Å²) in [5.41, 5.74) is 13.4. The monoisotopic (exact) mass is 1390 g/mol. The van der Waals surface area contributed by atoms with E-state index < -0.39 is 5.41 Å². The second kappa shape index (κ2) is 11.5. The molecule has 2 heterocycles. The van der Waals surface area contributed by atoms with Gasteiger partial charge in [-0.2, -0.15) is 5.10 Å². The van der Waals surface area contributed by atoms with Crippen LogP contribution in [0.1, 0.15) is 49.8 Å². The van der Waals surface area contributed by atoms with Crippen LogP contribution in [0.3, 0.4) is 0 Å². The first kappa shape index (κ1) is 44.5. The molecule has 5 aliphatic rings. The predicted molar refractivity (Wildman–Crippen MR) is 423 cm³/mol. The zero-order chi connectivity index (χ0) is 63.2. The highest BCUT2D eigenvalue weighted by Crippen LogP contribution is 2.87. The van der Waals surface area contributed by atoms with Crippen molar-refractivity contribution in [3.8, 4) is 17.1 Å². The van der Waals surface area contributed by atoms with Crippen LogP contribution in [-0.2, 0) is 10.8 Å². The Hall–Kier alpha value is -11.5. The van der Waals surface area contributed by atoms with Gasteiger partial charge in [-0.3, -0.25) is 14.2 Å². The molecule has 1 N–H and O–H groups in total. The lowest BCUT2D eigenvalue weighted by Crippen LogP contribution is -2.52. The summed E-state index contributed by atoms with van der Waals surface area (Å²) in [4.78, 5) is 33.7. The Morgan fingerprint density at radius 3 is 1.17 bits per heavy atom. The van der Waals surface area contributed by atoms with E-state index in [2.05, 4.69) is 80.7 Å². The van der Waals surface area contributed by atoms with Gasteiger partial charge in [0.1, 0.15) is 11.9 Å². The third-order valence-electron chi connectivity index (χ3n) is 31.3. The molecule has 38 rings (SSSR count). The Labute approximate surface area is 574 Å². The van der Waals surface area contributed by atoms with E-state index >= 15 is 0 Å². The topological polar surface area (TPSA) is 76.3 Å². The molecule has 101 heavy (non-hydrogen) atoms. The number of nitrogens with zero attached hydrogens (tertiary/aromatic N) is 4. The van der Waals surface area contributed by atoms with Crippen LogP contribution in [0.2, 0.25) is 0 Å². The molecule has 1 aliphatic heterocycles. The summed E-state index contributed by atoms with van der Waals surface area (Å²) < 4.78 is 3.96. The average Bonchev–Trinajstić information content (AvgIpc) is 1.38. The maximum absolute atomic E-state index is 14.5. The number of nitrogens with one attached hydrogen (secondary N) is 1. The van der Waals surface area contributed by atoms with Crippen molar-refractivity contribution in [2.45, 2.75) is 16.9 Å². The highest BCUT2D eigenvalue weighted by molar-refractivity contribution is 9.11. The van der Waals surface area contributed by atoms with Crippen LogP contribution < -0.4 is 11.0 Å². The van der Waals surface area contributed by atoms with Gasteiger partial charge in [0.25, 0.3) is 11.5 Å². The fraction of sp³-hybridized carbons (Fsp3) is 0.0652. The molecule has 1 atom stereocenters. The molecule has 1 aromatic heterocycles. The SMILES string of the molecule is C[N+]1(C)CC23c4c5c6c7c8c9c(c%10c%11c2c2c4c4c%12c5c5c6c6c8c8c%13c9c9c%10c%10c%11c%11c2c2c4c4c%12c%12c5c5c6c8c6c8c%13c9c9c%10c%10c%11c2c2c4c4c%12c5c6c5c8c9c%10c2c45)C73C1c1ccc(/C=N/NC(=O)c2ccc(-n3c(-c4ccccc4)nc4c(Br)cc(Br)cc4c3=O)cc2)cc1. The lowest BCUT2D eigenvalue weighted by atomic mass is 9.47. The number of hydrazone groups is 1. The maximum atomic E-state index is 14.5. The Bertz CT molecular complexity index is 9450. The van der Waals surface area contributed by atoms with Gasteiger partial charge in [-0.05, 0) is 371 Å². The van der Waals surface area contributed by atoms with Crippen molar-refractivity contribution in [2.75, 3.05) is 20.6 Å².